The summed E-state index contributed by atoms with van der Waals surface area (Å²) in [6.07, 6.45) is 11.7. The molecule has 1 heterocycles. The van der Waals surface area contributed by atoms with Crippen molar-refractivity contribution in [3.05, 3.63) is 71.7 Å². The average molecular weight is 528 g/mol. The van der Waals surface area contributed by atoms with Crippen molar-refractivity contribution >= 4 is 22.7 Å². The van der Waals surface area contributed by atoms with E-state index in [4.69, 9.17) is 0 Å². The maximum Gasteiger partial charge on any atom is 0.242 e. The van der Waals surface area contributed by atoms with Gasteiger partial charge in [0.2, 0.25) is 11.8 Å². The van der Waals surface area contributed by atoms with Crippen molar-refractivity contribution in [3.8, 4) is 0 Å². The lowest BCUT2D eigenvalue weighted by molar-refractivity contribution is -0.161. The molecule has 5 saturated carbocycles. The number of carbonyl (C=O) groups excluding carboxylic acids is 2. The van der Waals surface area contributed by atoms with E-state index in [1.165, 1.54) is 42.3 Å². The number of benzene rings is 2. The fraction of sp³-hybridized carbons (Fsp3) is 0.515. The van der Waals surface area contributed by atoms with E-state index in [1.54, 1.807) is 12.1 Å². The van der Waals surface area contributed by atoms with E-state index in [1.807, 2.05) is 28.1 Å². The zero-order chi connectivity index (χ0) is 26.6. The molecule has 0 aliphatic heterocycles. The van der Waals surface area contributed by atoms with Gasteiger partial charge in [-0.25, -0.2) is 4.39 Å². The molecular weight excluding hydrogens is 489 g/mol. The molecule has 1 aromatic heterocycles. The summed E-state index contributed by atoms with van der Waals surface area (Å²) in [6.45, 7) is 1.11. The van der Waals surface area contributed by atoms with Gasteiger partial charge in [-0.2, -0.15) is 0 Å². The van der Waals surface area contributed by atoms with E-state index in [9.17, 15) is 14.0 Å². The number of aromatic amines is 1. The highest BCUT2D eigenvalue weighted by atomic mass is 19.1. The fourth-order valence-corrected chi connectivity index (χ4v) is 8.37. The first-order chi connectivity index (χ1) is 19.0. The Hall–Kier alpha value is -3.15. The van der Waals surface area contributed by atoms with Crippen molar-refractivity contribution in [1.29, 1.82) is 0 Å². The molecule has 3 aromatic rings. The number of para-hydroxylation sites is 1. The summed E-state index contributed by atoms with van der Waals surface area (Å²) in [6, 6.07) is 14.8. The molecular formula is C33H38FN3O2. The Morgan fingerprint density at radius 1 is 0.923 bits per heavy atom. The molecule has 8 rings (SSSR count). The summed E-state index contributed by atoms with van der Waals surface area (Å²) < 4.78 is 13.6. The van der Waals surface area contributed by atoms with Crippen LogP contribution in [-0.4, -0.2) is 45.7 Å². The van der Waals surface area contributed by atoms with E-state index in [-0.39, 0.29) is 35.6 Å². The smallest absolute Gasteiger partial charge is 0.242 e. The molecule has 4 bridgehead atoms. The molecule has 2 aromatic carbocycles. The second kappa shape index (κ2) is 9.79. The number of amides is 2. The molecule has 6 heteroatoms. The highest BCUT2D eigenvalue weighted by Gasteiger charge is 2.56. The van der Waals surface area contributed by atoms with E-state index >= 15 is 0 Å². The molecule has 0 radical (unpaired) electrons. The Morgan fingerprint density at radius 2 is 1.59 bits per heavy atom. The topological polar surface area (TPSA) is 56.4 Å². The van der Waals surface area contributed by atoms with Crippen LogP contribution in [0.1, 0.15) is 62.5 Å². The molecule has 0 unspecified atom stereocenters. The zero-order valence-corrected chi connectivity index (χ0v) is 22.6. The lowest BCUT2D eigenvalue weighted by atomic mass is 9.49. The number of nitrogens with zero attached hydrogens (tertiary/aromatic N) is 2. The number of carbonyl (C=O) groups is 2. The minimum atomic E-state index is -0.281. The number of H-pyrrole nitrogens is 1. The van der Waals surface area contributed by atoms with E-state index in [2.05, 4.69) is 17.1 Å². The van der Waals surface area contributed by atoms with Crippen LogP contribution in [0.4, 0.5) is 4.39 Å². The van der Waals surface area contributed by atoms with Gasteiger partial charge in [0.25, 0.3) is 0 Å². The third-order valence-corrected chi connectivity index (χ3v) is 10.0. The largest absolute Gasteiger partial charge is 0.361 e. The first-order valence-corrected chi connectivity index (χ1v) is 14.8. The lowest BCUT2D eigenvalue weighted by Gasteiger charge is -2.56. The number of halogens is 1. The van der Waals surface area contributed by atoms with Crippen LogP contribution in [0.3, 0.4) is 0 Å². The standard InChI is InChI=1S/C33H38FN3O2/c34-27-7-5-22(6-8-27)20-36(12-11-26-19-35-30-4-2-1-3-29(26)30)31(38)21-37(28-9-10-28)32(39)33-16-23-13-24(17-33)15-25(14-23)18-33/h1-8,19,23-25,28,35H,9-18,20-21H2. The van der Waals surface area contributed by atoms with E-state index in [0.29, 0.717) is 37.3 Å². The van der Waals surface area contributed by atoms with Crippen LogP contribution < -0.4 is 0 Å². The van der Waals surface area contributed by atoms with Gasteiger partial charge in [0.15, 0.2) is 0 Å². The van der Waals surface area contributed by atoms with E-state index < -0.39 is 0 Å². The van der Waals surface area contributed by atoms with Gasteiger partial charge >= 0.3 is 0 Å². The number of rotatable bonds is 9. The lowest BCUT2D eigenvalue weighted by Crippen LogP contribution is -2.56. The van der Waals surface area contributed by atoms with Crippen LogP contribution >= 0.6 is 0 Å². The molecule has 5 nitrogen and oxygen atoms in total. The first-order valence-electron chi connectivity index (χ1n) is 14.8. The Balaban J connectivity index is 1.11. The fourth-order valence-electron chi connectivity index (χ4n) is 8.37. The van der Waals surface area contributed by atoms with Crippen molar-refractivity contribution in [3.63, 3.8) is 0 Å². The third kappa shape index (κ3) is 4.87. The van der Waals surface area contributed by atoms with Crippen LogP contribution in [-0.2, 0) is 22.6 Å². The van der Waals surface area contributed by atoms with Crippen LogP contribution in [0.5, 0.6) is 0 Å². The maximum absolute atomic E-state index is 14.2. The highest BCUT2D eigenvalue weighted by Crippen LogP contribution is 2.61. The van der Waals surface area contributed by atoms with Crippen molar-refractivity contribution < 1.29 is 14.0 Å². The van der Waals surface area contributed by atoms with Gasteiger partial charge in [-0.3, -0.25) is 9.59 Å². The van der Waals surface area contributed by atoms with Crippen molar-refractivity contribution in [2.75, 3.05) is 13.1 Å². The Bertz CT molecular complexity index is 1340. The number of aromatic nitrogens is 1. The first kappa shape index (κ1) is 24.9. The summed E-state index contributed by atoms with van der Waals surface area (Å²) in [5.41, 5.74) is 2.92. The molecule has 0 atom stereocenters. The normalized spacial score (nSPS) is 27.2. The molecule has 204 valence electrons. The summed E-state index contributed by atoms with van der Waals surface area (Å²) in [7, 11) is 0. The molecule has 0 saturated heterocycles. The van der Waals surface area contributed by atoms with Crippen molar-refractivity contribution in [2.45, 2.75) is 70.4 Å². The Kier molecular flexibility index (Phi) is 6.24. The van der Waals surface area contributed by atoms with Gasteiger partial charge in [-0.05, 0) is 105 Å². The average Bonchev–Trinajstić information content (AvgIpc) is 3.69. The monoisotopic (exact) mass is 527 g/mol. The summed E-state index contributed by atoms with van der Waals surface area (Å²) in [5, 5.41) is 1.17. The quantitative estimate of drug-likeness (QED) is 0.366. The van der Waals surface area contributed by atoms with Gasteiger partial charge in [-0.15, -0.1) is 0 Å². The summed E-state index contributed by atoms with van der Waals surface area (Å²) >= 11 is 0. The van der Waals surface area contributed by atoms with E-state index in [0.717, 1.165) is 43.2 Å². The van der Waals surface area contributed by atoms with Crippen LogP contribution in [0, 0.1) is 29.0 Å². The number of nitrogens with one attached hydrogen (secondary N) is 1. The number of fused-ring (bicyclic) bond motifs is 1. The Morgan fingerprint density at radius 3 is 2.26 bits per heavy atom. The van der Waals surface area contributed by atoms with Gasteiger partial charge in [0, 0.05) is 36.2 Å². The van der Waals surface area contributed by atoms with Crippen LogP contribution in [0.2, 0.25) is 0 Å². The van der Waals surface area contributed by atoms with Gasteiger partial charge in [0.05, 0.1) is 5.41 Å². The van der Waals surface area contributed by atoms with Crippen molar-refractivity contribution in [1.82, 2.24) is 14.8 Å². The van der Waals surface area contributed by atoms with Crippen LogP contribution in [0.25, 0.3) is 10.9 Å². The molecule has 5 aliphatic rings. The van der Waals surface area contributed by atoms with Gasteiger partial charge in [0.1, 0.15) is 12.4 Å². The zero-order valence-electron chi connectivity index (χ0n) is 22.6. The van der Waals surface area contributed by atoms with Crippen LogP contribution in [0.15, 0.2) is 54.7 Å². The van der Waals surface area contributed by atoms with Crippen molar-refractivity contribution in [2.24, 2.45) is 23.2 Å². The molecule has 39 heavy (non-hydrogen) atoms. The summed E-state index contributed by atoms with van der Waals surface area (Å²) in [4.78, 5) is 35.4. The number of hydrogen-bond donors (Lipinski definition) is 1. The molecule has 2 amide bonds. The second-order valence-electron chi connectivity index (χ2n) is 12.9. The third-order valence-electron chi connectivity index (χ3n) is 10.0. The van der Waals surface area contributed by atoms with Gasteiger partial charge in [-0.1, -0.05) is 30.3 Å². The predicted octanol–water partition coefficient (Wildman–Crippen LogP) is 6.09. The number of hydrogen-bond acceptors (Lipinski definition) is 2. The summed E-state index contributed by atoms with van der Waals surface area (Å²) in [5.74, 6) is 2.06. The molecule has 5 aliphatic carbocycles. The molecule has 5 fully saturated rings. The Labute approximate surface area is 229 Å². The minimum absolute atomic E-state index is 0.0101. The highest BCUT2D eigenvalue weighted by molar-refractivity contribution is 5.89. The maximum atomic E-state index is 14.2. The molecule has 1 N–H and O–H groups in total. The molecule has 0 spiro atoms. The SMILES string of the molecule is O=C(CN(C(=O)C12CC3CC(CC(C3)C1)C2)C1CC1)N(CCc1c[nH]c2ccccc12)Cc1ccc(F)cc1. The second-order valence-corrected chi connectivity index (χ2v) is 12.9. The minimum Gasteiger partial charge on any atom is -0.361 e. The predicted molar refractivity (Wildman–Crippen MR) is 149 cm³/mol. The van der Waals surface area contributed by atoms with Gasteiger partial charge < -0.3 is 14.8 Å².